The van der Waals surface area contributed by atoms with Crippen LogP contribution in [0.2, 0.25) is 0 Å². The third-order valence-electron chi connectivity index (χ3n) is 5.50. The Balaban J connectivity index is 1.37. The highest BCUT2D eigenvalue weighted by Gasteiger charge is 2.32. The number of carbonyl (C=O) groups excluding carboxylic acids is 2. The van der Waals surface area contributed by atoms with Crippen LogP contribution in [0.5, 0.6) is 0 Å². The van der Waals surface area contributed by atoms with Gasteiger partial charge in [-0.25, -0.2) is 0 Å². The number of carbonyl (C=O) groups is 2. The zero-order valence-corrected chi connectivity index (χ0v) is 15.8. The molecule has 0 aliphatic carbocycles. The lowest BCUT2D eigenvalue weighted by Crippen LogP contribution is -2.44. The largest absolute Gasteiger partial charge is 0.342 e. The number of amides is 2. The summed E-state index contributed by atoms with van der Waals surface area (Å²) in [4.78, 5) is 30.7. The third-order valence-corrected chi connectivity index (χ3v) is 6.37. The number of hydrogen-bond donors (Lipinski definition) is 0. The van der Waals surface area contributed by atoms with Gasteiger partial charge in [0.2, 0.25) is 5.91 Å². The highest BCUT2D eigenvalue weighted by molar-refractivity contribution is 7.09. The lowest BCUT2D eigenvalue weighted by molar-refractivity contribution is -0.135. The summed E-state index contributed by atoms with van der Waals surface area (Å²) < 4.78 is 2.02. The minimum Gasteiger partial charge on any atom is -0.342 e. The molecule has 0 saturated carbocycles. The summed E-state index contributed by atoms with van der Waals surface area (Å²) in [5.74, 6) is 0.476. The Morgan fingerprint density at radius 2 is 1.77 bits per heavy atom. The first kappa shape index (κ1) is 17.3. The summed E-state index contributed by atoms with van der Waals surface area (Å²) >= 11 is 1.70. The summed E-state index contributed by atoms with van der Waals surface area (Å²) in [5.41, 5.74) is 0.739. The van der Waals surface area contributed by atoms with Gasteiger partial charge in [0.1, 0.15) is 5.69 Å². The van der Waals surface area contributed by atoms with Crippen molar-refractivity contribution in [3.8, 4) is 0 Å². The van der Waals surface area contributed by atoms with Crippen LogP contribution in [0.1, 0.15) is 41.0 Å². The maximum absolute atomic E-state index is 13.0. The van der Waals surface area contributed by atoms with Gasteiger partial charge in [-0.05, 0) is 49.3 Å². The van der Waals surface area contributed by atoms with Crippen molar-refractivity contribution in [2.24, 2.45) is 5.92 Å². The molecular formula is C20H25N3O2S. The van der Waals surface area contributed by atoms with Crippen molar-refractivity contribution in [3.05, 3.63) is 46.4 Å². The number of hydrogen-bond acceptors (Lipinski definition) is 3. The van der Waals surface area contributed by atoms with Crippen molar-refractivity contribution < 1.29 is 9.59 Å². The number of likely N-dealkylation sites (tertiary alicyclic amines) is 2. The van der Waals surface area contributed by atoms with Gasteiger partial charge < -0.3 is 14.4 Å². The SMILES string of the molecule is O=C(c1cccn1Cc1cccs1)N1CCC(C(=O)N2CCCC2)CC1. The monoisotopic (exact) mass is 371 g/mol. The van der Waals surface area contributed by atoms with E-state index in [1.165, 1.54) is 4.88 Å². The summed E-state index contributed by atoms with van der Waals surface area (Å²) in [6.07, 6.45) is 5.80. The van der Waals surface area contributed by atoms with E-state index in [2.05, 4.69) is 11.4 Å². The van der Waals surface area contributed by atoms with E-state index in [0.717, 1.165) is 51.0 Å². The summed E-state index contributed by atoms with van der Waals surface area (Å²) in [6.45, 7) is 3.90. The number of piperidine rings is 1. The van der Waals surface area contributed by atoms with Gasteiger partial charge >= 0.3 is 0 Å². The molecular weight excluding hydrogens is 346 g/mol. The van der Waals surface area contributed by atoms with Crippen LogP contribution in [0.15, 0.2) is 35.8 Å². The first-order chi connectivity index (χ1) is 12.7. The van der Waals surface area contributed by atoms with Gasteiger partial charge in [0, 0.05) is 43.2 Å². The minimum absolute atomic E-state index is 0.0821. The van der Waals surface area contributed by atoms with Crippen molar-refractivity contribution in [3.63, 3.8) is 0 Å². The Morgan fingerprint density at radius 1 is 1.00 bits per heavy atom. The second kappa shape index (κ2) is 7.66. The van der Waals surface area contributed by atoms with Crippen LogP contribution in [-0.2, 0) is 11.3 Å². The van der Waals surface area contributed by atoms with Crippen LogP contribution in [0.3, 0.4) is 0 Å². The lowest BCUT2D eigenvalue weighted by Gasteiger charge is -2.33. The normalized spacial score (nSPS) is 18.5. The van der Waals surface area contributed by atoms with Crippen molar-refractivity contribution in [2.75, 3.05) is 26.2 Å². The summed E-state index contributed by atoms with van der Waals surface area (Å²) in [6, 6.07) is 7.96. The minimum atomic E-state index is 0.0821. The molecule has 0 unspecified atom stereocenters. The molecule has 4 rings (SSSR count). The van der Waals surface area contributed by atoms with E-state index in [0.29, 0.717) is 19.0 Å². The molecule has 2 aromatic rings. The van der Waals surface area contributed by atoms with Crippen LogP contribution in [0.4, 0.5) is 0 Å². The first-order valence-electron chi connectivity index (χ1n) is 9.48. The van der Waals surface area contributed by atoms with E-state index in [1.54, 1.807) is 11.3 Å². The molecule has 0 aromatic carbocycles. The van der Waals surface area contributed by atoms with Crippen molar-refractivity contribution in [1.82, 2.24) is 14.4 Å². The van der Waals surface area contributed by atoms with Gasteiger partial charge in [0.15, 0.2) is 0 Å². The Labute approximate surface area is 158 Å². The third kappa shape index (κ3) is 3.56. The second-order valence-electron chi connectivity index (χ2n) is 7.20. The van der Waals surface area contributed by atoms with Crippen LogP contribution in [0, 0.1) is 5.92 Å². The molecule has 0 spiro atoms. The quantitative estimate of drug-likeness (QED) is 0.829. The maximum atomic E-state index is 13.0. The van der Waals surface area contributed by atoms with E-state index < -0.39 is 0 Å². The Kier molecular flexibility index (Phi) is 5.11. The fourth-order valence-electron chi connectivity index (χ4n) is 4.00. The first-order valence-corrected chi connectivity index (χ1v) is 10.4. The summed E-state index contributed by atoms with van der Waals surface area (Å²) in [7, 11) is 0. The molecule has 5 nitrogen and oxygen atoms in total. The van der Waals surface area contributed by atoms with E-state index in [9.17, 15) is 9.59 Å². The number of thiophene rings is 1. The van der Waals surface area contributed by atoms with Crippen LogP contribution >= 0.6 is 11.3 Å². The van der Waals surface area contributed by atoms with Crippen LogP contribution in [-0.4, -0.2) is 52.4 Å². The predicted octanol–water partition coefficient (Wildman–Crippen LogP) is 3.07. The zero-order chi connectivity index (χ0) is 17.9. The molecule has 138 valence electrons. The van der Waals surface area contributed by atoms with Gasteiger partial charge in [0.05, 0.1) is 6.54 Å². The highest BCUT2D eigenvalue weighted by Crippen LogP contribution is 2.23. The van der Waals surface area contributed by atoms with E-state index in [-0.39, 0.29) is 11.8 Å². The molecule has 2 amide bonds. The van der Waals surface area contributed by atoms with Gasteiger partial charge in [-0.3, -0.25) is 9.59 Å². The molecule has 2 aliphatic heterocycles. The molecule has 4 heterocycles. The molecule has 0 bridgehead atoms. The van der Waals surface area contributed by atoms with E-state index >= 15 is 0 Å². The molecule has 0 radical (unpaired) electrons. The summed E-state index contributed by atoms with van der Waals surface area (Å²) in [5, 5.41) is 2.06. The standard InChI is InChI=1S/C20H25N3O2S/c24-19(21-9-1-2-10-21)16-7-12-22(13-8-16)20(25)18-6-3-11-23(18)15-17-5-4-14-26-17/h3-6,11,14,16H,1-2,7-10,12-13,15H2. The fraction of sp³-hybridized carbons (Fsp3) is 0.500. The number of rotatable bonds is 4. The van der Waals surface area contributed by atoms with Crippen LogP contribution in [0.25, 0.3) is 0 Å². The maximum Gasteiger partial charge on any atom is 0.270 e. The Bertz CT molecular complexity index is 754. The number of nitrogens with zero attached hydrogens (tertiary/aromatic N) is 3. The van der Waals surface area contributed by atoms with Gasteiger partial charge in [0.25, 0.3) is 5.91 Å². The molecule has 6 heteroatoms. The number of aromatic nitrogens is 1. The van der Waals surface area contributed by atoms with E-state index in [1.807, 2.05) is 38.8 Å². The molecule has 26 heavy (non-hydrogen) atoms. The van der Waals surface area contributed by atoms with Crippen molar-refractivity contribution in [1.29, 1.82) is 0 Å². The molecule has 2 saturated heterocycles. The molecule has 0 atom stereocenters. The smallest absolute Gasteiger partial charge is 0.270 e. The van der Waals surface area contributed by atoms with Gasteiger partial charge in [-0.15, -0.1) is 11.3 Å². The lowest BCUT2D eigenvalue weighted by atomic mass is 9.95. The molecule has 2 fully saturated rings. The zero-order valence-electron chi connectivity index (χ0n) is 15.0. The van der Waals surface area contributed by atoms with Gasteiger partial charge in [-0.1, -0.05) is 6.07 Å². The average Bonchev–Trinajstić information content (AvgIpc) is 3.43. The predicted molar refractivity (Wildman–Crippen MR) is 102 cm³/mol. The topological polar surface area (TPSA) is 45.6 Å². The van der Waals surface area contributed by atoms with Crippen molar-refractivity contribution >= 4 is 23.2 Å². The highest BCUT2D eigenvalue weighted by atomic mass is 32.1. The molecule has 2 aliphatic rings. The second-order valence-corrected chi connectivity index (χ2v) is 8.23. The Hall–Kier alpha value is -2.08. The molecule has 0 N–H and O–H groups in total. The van der Waals surface area contributed by atoms with Crippen molar-refractivity contribution in [2.45, 2.75) is 32.2 Å². The van der Waals surface area contributed by atoms with Gasteiger partial charge in [-0.2, -0.15) is 0 Å². The average molecular weight is 372 g/mol. The van der Waals surface area contributed by atoms with E-state index in [4.69, 9.17) is 0 Å². The fourth-order valence-corrected chi connectivity index (χ4v) is 4.71. The Morgan fingerprint density at radius 3 is 2.46 bits per heavy atom. The molecule has 2 aromatic heterocycles. The van der Waals surface area contributed by atoms with Crippen LogP contribution < -0.4 is 0 Å².